The van der Waals surface area contributed by atoms with Gasteiger partial charge in [0.25, 0.3) is 0 Å². The molecule has 0 heterocycles. The SMILES string of the molecule is N[C@H]1CC[C@@](CCCCB(O)O)(C(=O)O)C1. The van der Waals surface area contributed by atoms with E-state index >= 15 is 0 Å². The molecule has 0 aromatic rings. The van der Waals surface area contributed by atoms with E-state index in [2.05, 4.69) is 0 Å². The molecule has 1 rings (SSSR count). The first kappa shape index (κ1) is 13.5. The molecule has 2 atom stereocenters. The van der Waals surface area contributed by atoms with Crippen LogP contribution in [0.15, 0.2) is 0 Å². The highest BCUT2D eigenvalue weighted by Gasteiger charge is 2.43. The summed E-state index contributed by atoms with van der Waals surface area (Å²) in [5, 5.41) is 26.6. The lowest BCUT2D eigenvalue weighted by molar-refractivity contribution is -0.149. The Balaban J connectivity index is 2.38. The Morgan fingerprint density at radius 2 is 2.12 bits per heavy atom. The van der Waals surface area contributed by atoms with E-state index in [0.717, 1.165) is 6.42 Å². The van der Waals surface area contributed by atoms with Crippen molar-refractivity contribution in [3.63, 3.8) is 0 Å². The van der Waals surface area contributed by atoms with Crippen molar-refractivity contribution in [3.05, 3.63) is 0 Å². The Hall–Kier alpha value is -0.585. The van der Waals surface area contributed by atoms with Gasteiger partial charge in [-0.25, -0.2) is 0 Å². The molecule has 0 aromatic heterocycles. The number of unbranched alkanes of at least 4 members (excludes halogenated alkanes) is 1. The molecule has 6 heteroatoms. The van der Waals surface area contributed by atoms with Crippen LogP contribution in [-0.4, -0.2) is 34.3 Å². The summed E-state index contributed by atoms with van der Waals surface area (Å²) in [6.45, 7) is 0. The van der Waals surface area contributed by atoms with E-state index in [-0.39, 0.29) is 6.04 Å². The second-order valence-electron chi connectivity index (χ2n) is 4.81. The summed E-state index contributed by atoms with van der Waals surface area (Å²) < 4.78 is 0. The van der Waals surface area contributed by atoms with Crippen LogP contribution in [0.25, 0.3) is 0 Å². The standard InChI is InChI=1S/C10H20BNO4/c12-8-3-5-10(7-8,9(13)14)4-1-2-6-11(15)16/h8,15-16H,1-7,12H2,(H,13,14)/t8-,10+/m0/s1. The number of carboxylic acids is 1. The zero-order chi connectivity index (χ0) is 12.2. The number of carboxylic acid groups (broad SMARTS) is 1. The smallest absolute Gasteiger partial charge is 0.451 e. The average Bonchev–Trinajstić information content (AvgIpc) is 2.56. The predicted octanol–water partition coefficient (Wildman–Crippen LogP) is 0.212. The van der Waals surface area contributed by atoms with Crippen LogP contribution >= 0.6 is 0 Å². The monoisotopic (exact) mass is 229 g/mol. The van der Waals surface area contributed by atoms with Gasteiger partial charge in [0.05, 0.1) is 5.41 Å². The van der Waals surface area contributed by atoms with Gasteiger partial charge in [-0.05, 0) is 32.0 Å². The summed E-state index contributed by atoms with van der Waals surface area (Å²) >= 11 is 0. The molecular formula is C10H20BNO4. The van der Waals surface area contributed by atoms with Gasteiger partial charge in [-0.3, -0.25) is 4.79 Å². The second-order valence-corrected chi connectivity index (χ2v) is 4.81. The van der Waals surface area contributed by atoms with Crippen molar-refractivity contribution < 1.29 is 19.9 Å². The van der Waals surface area contributed by atoms with Crippen LogP contribution < -0.4 is 5.73 Å². The lowest BCUT2D eigenvalue weighted by atomic mass is 9.78. The third-order valence-corrected chi connectivity index (χ3v) is 3.47. The van der Waals surface area contributed by atoms with E-state index in [1.54, 1.807) is 0 Å². The van der Waals surface area contributed by atoms with Crippen LogP contribution in [0.2, 0.25) is 6.32 Å². The Labute approximate surface area is 95.8 Å². The molecule has 16 heavy (non-hydrogen) atoms. The molecule has 1 aliphatic carbocycles. The van der Waals surface area contributed by atoms with Crippen LogP contribution in [0.5, 0.6) is 0 Å². The van der Waals surface area contributed by atoms with Crippen molar-refractivity contribution in [1.29, 1.82) is 0 Å². The largest absolute Gasteiger partial charge is 0.481 e. The van der Waals surface area contributed by atoms with E-state index in [4.69, 9.17) is 15.8 Å². The molecule has 1 aliphatic rings. The lowest BCUT2D eigenvalue weighted by Crippen LogP contribution is -2.30. The summed E-state index contributed by atoms with van der Waals surface area (Å²) in [6, 6.07) is -0.000433. The minimum atomic E-state index is -1.29. The Bertz CT molecular complexity index is 249. The Kier molecular flexibility index (Phi) is 4.77. The lowest BCUT2D eigenvalue weighted by Gasteiger charge is -2.23. The van der Waals surface area contributed by atoms with Crippen molar-refractivity contribution in [1.82, 2.24) is 0 Å². The van der Waals surface area contributed by atoms with Gasteiger partial charge in [0.1, 0.15) is 0 Å². The molecule has 0 radical (unpaired) electrons. The topological polar surface area (TPSA) is 104 Å². The van der Waals surface area contributed by atoms with E-state index < -0.39 is 18.5 Å². The number of aliphatic carboxylic acids is 1. The maximum atomic E-state index is 11.2. The van der Waals surface area contributed by atoms with Crippen LogP contribution in [0.4, 0.5) is 0 Å². The summed E-state index contributed by atoms with van der Waals surface area (Å²) in [5.74, 6) is -0.759. The third kappa shape index (κ3) is 3.47. The fraction of sp³-hybridized carbons (Fsp3) is 0.900. The van der Waals surface area contributed by atoms with Gasteiger partial charge in [-0.15, -0.1) is 0 Å². The molecule has 5 N–H and O–H groups in total. The van der Waals surface area contributed by atoms with Crippen molar-refractivity contribution in [2.24, 2.45) is 11.1 Å². The maximum absolute atomic E-state index is 11.2. The summed E-state index contributed by atoms with van der Waals surface area (Å²) in [4.78, 5) is 11.2. The Morgan fingerprint density at radius 3 is 2.56 bits per heavy atom. The van der Waals surface area contributed by atoms with Crippen molar-refractivity contribution in [2.75, 3.05) is 0 Å². The van der Waals surface area contributed by atoms with Crippen molar-refractivity contribution >= 4 is 13.1 Å². The van der Waals surface area contributed by atoms with Gasteiger partial charge in [0.2, 0.25) is 0 Å². The van der Waals surface area contributed by atoms with Crippen LogP contribution in [0, 0.1) is 5.41 Å². The number of nitrogens with two attached hydrogens (primary N) is 1. The molecule has 1 saturated carbocycles. The molecule has 1 fully saturated rings. The fourth-order valence-corrected chi connectivity index (χ4v) is 2.49. The molecule has 0 saturated heterocycles. The van der Waals surface area contributed by atoms with Gasteiger partial charge in [-0.1, -0.05) is 12.8 Å². The van der Waals surface area contributed by atoms with Crippen LogP contribution in [-0.2, 0) is 4.79 Å². The quantitative estimate of drug-likeness (QED) is 0.385. The number of hydrogen-bond donors (Lipinski definition) is 4. The molecular weight excluding hydrogens is 209 g/mol. The highest BCUT2D eigenvalue weighted by Crippen LogP contribution is 2.42. The van der Waals surface area contributed by atoms with Crippen molar-refractivity contribution in [3.8, 4) is 0 Å². The molecule has 0 bridgehead atoms. The minimum absolute atomic E-state index is 0.000433. The molecule has 0 unspecified atom stereocenters. The minimum Gasteiger partial charge on any atom is -0.481 e. The number of rotatable bonds is 6. The predicted molar refractivity (Wildman–Crippen MR) is 60.7 cm³/mol. The molecule has 0 amide bonds. The van der Waals surface area contributed by atoms with E-state index in [0.29, 0.717) is 38.4 Å². The second kappa shape index (κ2) is 5.66. The van der Waals surface area contributed by atoms with Gasteiger partial charge in [-0.2, -0.15) is 0 Å². The first-order valence-electron chi connectivity index (χ1n) is 5.81. The maximum Gasteiger partial charge on any atom is 0.451 e. The van der Waals surface area contributed by atoms with Gasteiger partial charge >= 0.3 is 13.1 Å². The zero-order valence-electron chi connectivity index (χ0n) is 9.43. The Morgan fingerprint density at radius 1 is 1.44 bits per heavy atom. The summed E-state index contributed by atoms with van der Waals surface area (Å²) in [5.41, 5.74) is 5.09. The average molecular weight is 229 g/mol. The van der Waals surface area contributed by atoms with Crippen molar-refractivity contribution in [2.45, 2.75) is 50.9 Å². The summed E-state index contributed by atoms with van der Waals surface area (Å²) in [7, 11) is -1.29. The number of carbonyl (C=O) groups is 1. The fourth-order valence-electron chi connectivity index (χ4n) is 2.49. The highest BCUT2D eigenvalue weighted by atomic mass is 16.4. The van der Waals surface area contributed by atoms with Gasteiger partial charge in [0.15, 0.2) is 0 Å². The van der Waals surface area contributed by atoms with E-state index in [1.165, 1.54) is 0 Å². The molecule has 0 spiro atoms. The van der Waals surface area contributed by atoms with E-state index in [1.807, 2.05) is 0 Å². The molecule has 0 aromatic carbocycles. The summed E-state index contributed by atoms with van der Waals surface area (Å²) in [6.07, 6.45) is 4.20. The third-order valence-electron chi connectivity index (χ3n) is 3.47. The zero-order valence-corrected chi connectivity index (χ0v) is 9.43. The normalized spacial score (nSPS) is 29.3. The van der Waals surface area contributed by atoms with Gasteiger partial charge in [0, 0.05) is 6.04 Å². The first-order valence-corrected chi connectivity index (χ1v) is 5.81. The molecule has 0 aliphatic heterocycles. The number of hydrogen-bond acceptors (Lipinski definition) is 4. The highest BCUT2D eigenvalue weighted by molar-refractivity contribution is 6.40. The first-order chi connectivity index (χ1) is 7.46. The van der Waals surface area contributed by atoms with Crippen LogP contribution in [0.1, 0.15) is 38.5 Å². The molecule has 5 nitrogen and oxygen atoms in total. The van der Waals surface area contributed by atoms with E-state index in [9.17, 15) is 9.90 Å². The van der Waals surface area contributed by atoms with Crippen LogP contribution in [0.3, 0.4) is 0 Å². The molecule has 92 valence electrons. The van der Waals surface area contributed by atoms with Gasteiger partial charge < -0.3 is 20.9 Å².